The highest BCUT2D eigenvalue weighted by Crippen LogP contribution is 2.49. The van der Waals surface area contributed by atoms with E-state index in [0.29, 0.717) is 11.8 Å². The van der Waals surface area contributed by atoms with Gasteiger partial charge in [-0.05, 0) is 53.8 Å². The van der Waals surface area contributed by atoms with E-state index in [2.05, 4.69) is 17.4 Å². The van der Waals surface area contributed by atoms with E-state index in [-0.39, 0.29) is 11.2 Å². The predicted octanol–water partition coefficient (Wildman–Crippen LogP) is 1.89. The quantitative estimate of drug-likeness (QED) is 0.905. The monoisotopic (exact) mass is 297 g/mol. The smallest absolute Gasteiger partial charge is 0.220 e. The molecule has 0 amide bonds. The molecule has 3 aliphatic rings. The van der Waals surface area contributed by atoms with Gasteiger partial charge in [0, 0.05) is 18.0 Å². The number of allylic oxidation sites excluding steroid dienone is 2. The third kappa shape index (κ3) is 1.77. The molecule has 0 radical (unpaired) electrons. The Hall–Kier alpha value is -2.07. The van der Waals surface area contributed by atoms with E-state index < -0.39 is 0 Å². The van der Waals surface area contributed by atoms with Crippen LogP contribution < -0.4 is 10.1 Å². The van der Waals surface area contributed by atoms with Crippen molar-refractivity contribution in [2.45, 2.75) is 24.3 Å². The standard InChI is InChI=1S/C18H19NO3/c1-21-14-3-4-15-11(6-14)5-13-8-18(15)9-17(22-2)16(20)7-12(18)10-19-13/h3-4,6-7,9,13,19H,5,8,10H2,1-2H3. The molecular weight excluding hydrogens is 278 g/mol. The molecule has 22 heavy (non-hydrogen) atoms. The fraction of sp³-hybridized carbons (Fsp3) is 0.389. The summed E-state index contributed by atoms with van der Waals surface area (Å²) in [6, 6.07) is 6.68. The first-order valence-corrected chi connectivity index (χ1v) is 7.59. The van der Waals surface area contributed by atoms with Crippen molar-refractivity contribution in [2.24, 2.45) is 0 Å². The van der Waals surface area contributed by atoms with Crippen LogP contribution in [0.1, 0.15) is 17.5 Å². The molecule has 1 heterocycles. The van der Waals surface area contributed by atoms with Gasteiger partial charge >= 0.3 is 0 Å². The average Bonchev–Trinajstić information content (AvgIpc) is 2.54. The number of ether oxygens (including phenoxy) is 2. The van der Waals surface area contributed by atoms with Crippen LogP contribution in [0.5, 0.6) is 5.75 Å². The first-order valence-electron chi connectivity index (χ1n) is 7.59. The van der Waals surface area contributed by atoms with Gasteiger partial charge in [-0.25, -0.2) is 0 Å². The molecule has 2 unspecified atom stereocenters. The molecule has 0 aromatic heterocycles. The van der Waals surface area contributed by atoms with Crippen molar-refractivity contribution in [3.05, 3.63) is 52.8 Å². The molecule has 0 saturated carbocycles. The molecular formula is C18H19NO3. The van der Waals surface area contributed by atoms with E-state index in [0.717, 1.165) is 30.7 Å². The second kappa shape index (κ2) is 4.71. The summed E-state index contributed by atoms with van der Waals surface area (Å²) in [5.41, 5.74) is 3.49. The second-order valence-corrected chi connectivity index (χ2v) is 6.23. The number of ketones is 1. The Morgan fingerprint density at radius 1 is 1.27 bits per heavy atom. The minimum absolute atomic E-state index is 0.0380. The first kappa shape index (κ1) is 13.6. The van der Waals surface area contributed by atoms with Gasteiger partial charge in [0.15, 0.2) is 5.76 Å². The molecule has 2 aliphatic carbocycles. The summed E-state index contributed by atoms with van der Waals surface area (Å²) in [6.07, 6.45) is 5.74. The molecule has 114 valence electrons. The number of fused-ring (bicyclic) bond motifs is 2. The van der Waals surface area contributed by atoms with Crippen LogP contribution in [-0.4, -0.2) is 32.6 Å². The molecule has 4 rings (SSSR count). The van der Waals surface area contributed by atoms with Crippen molar-refractivity contribution in [3.63, 3.8) is 0 Å². The number of methoxy groups -OCH3 is 2. The van der Waals surface area contributed by atoms with Gasteiger partial charge in [0.25, 0.3) is 0 Å². The maximum atomic E-state index is 12.1. The Labute approximate surface area is 129 Å². The number of carbonyl (C=O) groups is 1. The Kier molecular flexibility index (Phi) is 2.91. The number of hydrogen-bond acceptors (Lipinski definition) is 4. The normalized spacial score (nSPS) is 29.0. The molecule has 4 nitrogen and oxygen atoms in total. The fourth-order valence-corrected chi connectivity index (χ4v) is 4.09. The minimum atomic E-state index is -0.213. The van der Waals surface area contributed by atoms with Crippen LogP contribution >= 0.6 is 0 Å². The SMILES string of the molecule is COC1=CC23CC(Cc4cc(OC)ccc42)NCC3=CC1=O. The van der Waals surface area contributed by atoms with Crippen LogP contribution in [0.15, 0.2) is 41.7 Å². The maximum absolute atomic E-state index is 12.1. The predicted molar refractivity (Wildman–Crippen MR) is 83.0 cm³/mol. The summed E-state index contributed by atoms with van der Waals surface area (Å²) in [5, 5.41) is 3.54. The zero-order valence-corrected chi connectivity index (χ0v) is 12.8. The van der Waals surface area contributed by atoms with E-state index in [1.54, 1.807) is 20.3 Å². The summed E-state index contributed by atoms with van der Waals surface area (Å²) in [5.74, 6) is 1.29. The summed E-state index contributed by atoms with van der Waals surface area (Å²) in [7, 11) is 3.25. The number of rotatable bonds is 2. The zero-order chi connectivity index (χ0) is 15.3. The van der Waals surface area contributed by atoms with Crippen LogP contribution in [0.4, 0.5) is 0 Å². The third-order valence-corrected chi connectivity index (χ3v) is 5.13. The molecule has 1 fully saturated rings. The summed E-state index contributed by atoms with van der Waals surface area (Å²) in [4.78, 5) is 12.1. The van der Waals surface area contributed by atoms with Crippen LogP contribution in [-0.2, 0) is 21.4 Å². The highest BCUT2D eigenvalue weighted by molar-refractivity contribution is 6.05. The van der Waals surface area contributed by atoms with Gasteiger partial charge in [0.2, 0.25) is 5.78 Å². The summed E-state index contributed by atoms with van der Waals surface area (Å²) >= 11 is 0. The van der Waals surface area contributed by atoms with Gasteiger partial charge in [-0.1, -0.05) is 6.07 Å². The number of nitrogens with one attached hydrogen (secondary N) is 1. The lowest BCUT2D eigenvalue weighted by Gasteiger charge is -2.48. The first-order chi connectivity index (χ1) is 10.7. The minimum Gasteiger partial charge on any atom is -0.497 e. The van der Waals surface area contributed by atoms with Gasteiger partial charge < -0.3 is 14.8 Å². The molecule has 1 aromatic carbocycles. The van der Waals surface area contributed by atoms with Gasteiger partial charge in [0.05, 0.1) is 14.2 Å². The lowest BCUT2D eigenvalue weighted by molar-refractivity contribution is -0.114. The van der Waals surface area contributed by atoms with E-state index in [9.17, 15) is 4.79 Å². The number of hydrogen-bond donors (Lipinski definition) is 1. The topological polar surface area (TPSA) is 47.6 Å². The van der Waals surface area contributed by atoms with Crippen molar-refractivity contribution in [2.75, 3.05) is 20.8 Å². The van der Waals surface area contributed by atoms with Crippen molar-refractivity contribution in [1.29, 1.82) is 0 Å². The molecule has 1 saturated heterocycles. The van der Waals surface area contributed by atoms with E-state index in [1.165, 1.54) is 11.1 Å². The number of carbonyl (C=O) groups excluding carboxylic acids is 1. The average molecular weight is 297 g/mol. The van der Waals surface area contributed by atoms with E-state index in [1.807, 2.05) is 12.1 Å². The van der Waals surface area contributed by atoms with Gasteiger partial charge in [-0.3, -0.25) is 4.79 Å². The molecule has 2 atom stereocenters. The Morgan fingerprint density at radius 2 is 2.14 bits per heavy atom. The number of benzene rings is 1. The van der Waals surface area contributed by atoms with Crippen LogP contribution in [0.2, 0.25) is 0 Å². The highest BCUT2D eigenvalue weighted by Gasteiger charge is 2.47. The molecule has 1 spiro atoms. The number of piperidine rings is 1. The van der Waals surface area contributed by atoms with Gasteiger partial charge in [-0.2, -0.15) is 0 Å². The molecule has 1 aromatic rings. The van der Waals surface area contributed by atoms with Crippen LogP contribution in [0, 0.1) is 0 Å². The Balaban J connectivity index is 1.93. The zero-order valence-electron chi connectivity index (χ0n) is 12.8. The van der Waals surface area contributed by atoms with Gasteiger partial charge in [0.1, 0.15) is 5.75 Å². The molecule has 1 aliphatic heterocycles. The van der Waals surface area contributed by atoms with Crippen molar-refractivity contribution >= 4 is 5.78 Å². The van der Waals surface area contributed by atoms with E-state index >= 15 is 0 Å². The van der Waals surface area contributed by atoms with Crippen molar-refractivity contribution in [1.82, 2.24) is 5.32 Å². The Bertz CT molecular complexity index is 719. The largest absolute Gasteiger partial charge is 0.497 e. The Morgan fingerprint density at radius 3 is 2.91 bits per heavy atom. The molecule has 2 bridgehead atoms. The molecule has 1 N–H and O–H groups in total. The second-order valence-electron chi connectivity index (χ2n) is 6.23. The summed E-state index contributed by atoms with van der Waals surface area (Å²) < 4.78 is 10.7. The van der Waals surface area contributed by atoms with Gasteiger partial charge in [-0.15, -0.1) is 0 Å². The highest BCUT2D eigenvalue weighted by atomic mass is 16.5. The van der Waals surface area contributed by atoms with Crippen molar-refractivity contribution in [3.8, 4) is 5.75 Å². The van der Waals surface area contributed by atoms with Crippen LogP contribution in [0.3, 0.4) is 0 Å². The summed E-state index contributed by atoms with van der Waals surface area (Å²) in [6.45, 7) is 0.759. The lowest BCUT2D eigenvalue weighted by Crippen LogP contribution is -2.53. The fourth-order valence-electron chi connectivity index (χ4n) is 4.09. The maximum Gasteiger partial charge on any atom is 0.220 e. The van der Waals surface area contributed by atoms with Crippen molar-refractivity contribution < 1.29 is 14.3 Å². The lowest BCUT2D eigenvalue weighted by atomic mass is 9.60. The van der Waals surface area contributed by atoms with E-state index in [4.69, 9.17) is 9.47 Å². The third-order valence-electron chi connectivity index (χ3n) is 5.13. The van der Waals surface area contributed by atoms with Crippen LogP contribution in [0.25, 0.3) is 0 Å². The molecule has 4 heteroatoms.